The summed E-state index contributed by atoms with van der Waals surface area (Å²) in [5.74, 6) is 1.33. The molecular formula is C15H22N2O2. The van der Waals surface area contributed by atoms with Crippen molar-refractivity contribution in [2.24, 2.45) is 11.7 Å². The number of ether oxygens (including phenoxy) is 1. The van der Waals surface area contributed by atoms with Crippen molar-refractivity contribution < 1.29 is 9.53 Å². The highest BCUT2D eigenvalue weighted by atomic mass is 16.5. The predicted molar refractivity (Wildman–Crippen MR) is 75.2 cm³/mol. The van der Waals surface area contributed by atoms with E-state index < -0.39 is 0 Å². The Labute approximate surface area is 114 Å². The van der Waals surface area contributed by atoms with Crippen LogP contribution in [-0.4, -0.2) is 37.0 Å². The molecule has 1 aromatic rings. The summed E-state index contributed by atoms with van der Waals surface area (Å²) >= 11 is 0. The van der Waals surface area contributed by atoms with Gasteiger partial charge in [-0.2, -0.15) is 0 Å². The molecule has 1 heterocycles. The van der Waals surface area contributed by atoms with Crippen LogP contribution in [-0.2, 0) is 4.79 Å². The van der Waals surface area contributed by atoms with Crippen LogP contribution in [0.1, 0.15) is 17.5 Å². The highest BCUT2D eigenvalue weighted by molar-refractivity contribution is 5.78. The molecule has 4 heteroatoms. The molecule has 1 saturated heterocycles. The average Bonchev–Trinajstić information content (AvgIpc) is 2.86. The SMILES string of the molecule is Cc1cccc(C)c1OCC(=O)N1CC[C@H](CN)C1. The first kappa shape index (κ1) is 13.9. The number of aryl methyl sites for hydroxylation is 2. The van der Waals surface area contributed by atoms with Gasteiger partial charge < -0.3 is 15.4 Å². The number of nitrogens with two attached hydrogens (primary N) is 1. The fourth-order valence-electron chi connectivity index (χ4n) is 2.50. The van der Waals surface area contributed by atoms with Crippen LogP contribution >= 0.6 is 0 Å². The third-order valence-electron chi connectivity index (χ3n) is 3.72. The van der Waals surface area contributed by atoms with Crippen molar-refractivity contribution in [1.82, 2.24) is 4.90 Å². The lowest BCUT2D eigenvalue weighted by molar-refractivity contribution is -0.132. The third kappa shape index (κ3) is 3.26. The molecule has 0 saturated carbocycles. The van der Waals surface area contributed by atoms with E-state index in [0.29, 0.717) is 12.5 Å². The van der Waals surface area contributed by atoms with Gasteiger partial charge in [0.1, 0.15) is 5.75 Å². The van der Waals surface area contributed by atoms with Gasteiger partial charge in [-0.25, -0.2) is 0 Å². The minimum absolute atomic E-state index is 0.0543. The lowest BCUT2D eigenvalue weighted by Gasteiger charge is -2.18. The van der Waals surface area contributed by atoms with E-state index in [-0.39, 0.29) is 12.5 Å². The molecule has 1 fully saturated rings. The van der Waals surface area contributed by atoms with E-state index in [2.05, 4.69) is 0 Å². The number of benzene rings is 1. The zero-order valence-electron chi connectivity index (χ0n) is 11.7. The summed E-state index contributed by atoms with van der Waals surface area (Å²) in [6.45, 7) is 6.33. The number of likely N-dealkylation sites (tertiary alicyclic amines) is 1. The maximum absolute atomic E-state index is 12.1. The topological polar surface area (TPSA) is 55.6 Å². The number of rotatable bonds is 4. The number of hydrogen-bond acceptors (Lipinski definition) is 3. The minimum atomic E-state index is 0.0543. The van der Waals surface area contributed by atoms with E-state index in [1.807, 2.05) is 36.9 Å². The molecule has 1 atom stereocenters. The molecule has 1 aromatic carbocycles. The third-order valence-corrected chi connectivity index (χ3v) is 3.72. The van der Waals surface area contributed by atoms with Gasteiger partial charge in [-0.3, -0.25) is 4.79 Å². The second-order valence-corrected chi connectivity index (χ2v) is 5.24. The molecule has 0 aliphatic carbocycles. The quantitative estimate of drug-likeness (QED) is 0.894. The van der Waals surface area contributed by atoms with Gasteiger partial charge in [0.15, 0.2) is 6.61 Å². The molecule has 1 amide bonds. The zero-order chi connectivity index (χ0) is 13.8. The fourth-order valence-corrected chi connectivity index (χ4v) is 2.50. The molecule has 0 aromatic heterocycles. The molecule has 4 nitrogen and oxygen atoms in total. The van der Waals surface area contributed by atoms with Gasteiger partial charge in [0.25, 0.3) is 5.91 Å². The Bertz CT molecular complexity index is 439. The molecule has 1 aliphatic rings. The van der Waals surface area contributed by atoms with Crippen molar-refractivity contribution in [1.29, 1.82) is 0 Å². The molecule has 104 valence electrons. The second-order valence-electron chi connectivity index (χ2n) is 5.24. The number of hydrogen-bond donors (Lipinski definition) is 1. The summed E-state index contributed by atoms with van der Waals surface area (Å²) in [5.41, 5.74) is 7.76. The lowest BCUT2D eigenvalue weighted by atomic mass is 10.1. The van der Waals surface area contributed by atoms with Crippen LogP contribution in [0.3, 0.4) is 0 Å². The normalized spacial score (nSPS) is 18.7. The molecule has 19 heavy (non-hydrogen) atoms. The van der Waals surface area contributed by atoms with Crippen molar-refractivity contribution in [3.05, 3.63) is 29.3 Å². The summed E-state index contributed by atoms with van der Waals surface area (Å²) in [5, 5.41) is 0. The van der Waals surface area contributed by atoms with Gasteiger partial charge in [0.2, 0.25) is 0 Å². The largest absolute Gasteiger partial charge is 0.483 e. The summed E-state index contributed by atoms with van der Waals surface area (Å²) in [6.07, 6.45) is 1.01. The molecule has 1 aliphatic heterocycles. The van der Waals surface area contributed by atoms with E-state index >= 15 is 0 Å². The van der Waals surface area contributed by atoms with E-state index in [1.165, 1.54) is 0 Å². The maximum atomic E-state index is 12.1. The van der Waals surface area contributed by atoms with Crippen LogP contribution in [0.4, 0.5) is 0 Å². The molecular weight excluding hydrogens is 240 g/mol. The van der Waals surface area contributed by atoms with Crippen LogP contribution in [0.2, 0.25) is 0 Å². The van der Waals surface area contributed by atoms with Crippen LogP contribution in [0.25, 0.3) is 0 Å². The number of para-hydroxylation sites is 1. The number of amides is 1. The van der Waals surface area contributed by atoms with Crippen LogP contribution in [0, 0.1) is 19.8 Å². The predicted octanol–water partition coefficient (Wildman–Crippen LogP) is 1.49. The van der Waals surface area contributed by atoms with E-state index in [4.69, 9.17) is 10.5 Å². The van der Waals surface area contributed by atoms with Crippen LogP contribution < -0.4 is 10.5 Å². The van der Waals surface area contributed by atoms with Gasteiger partial charge in [-0.05, 0) is 43.9 Å². The van der Waals surface area contributed by atoms with E-state index in [0.717, 1.165) is 36.4 Å². The van der Waals surface area contributed by atoms with E-state index in [1.54, 1.807) is 0 Å². The molecule has 0 bridgehead atoms. The monoisotopic (exact) mass is 262 g/mol. The van der Waals surface area contributed by atoms with Crippen LogP contribution in [0.5, 0.6) is 5.75 Å². The van der Waals surface area contributed by atoms with Gasteiger partial charge in [-0.1, -0.05) is 18.2 Å². The Balaban J connectivity index is 1.90. The molecule has 2 rings (SSSR count). The standard InChI is InChI=1S/C15H22N2O2/c1-11-4-3-5-12(2)15(11)19-10-14(18)17-7-6-13(8-16)9-17/h3-5,13H,6-10,16H2,1-2H3/t13-/m1/s1. The van der Waals surface area contributed by atoms with Gasteiger partial charge >= 0.3 is 0 Å². The molecule has 0 spiro atoms. The van der Waals surface area contributed by atoms with Crippen molar-refractivity contribution in [3.63, 3.8) is 0 Å². The number of nitrogens with zero attached hydrogens (tertiary/aromatic N) is 1. The first-order valence-electron chi connectivity index (χ1n) is 6.78. The lowest BCUT2D eigenvalue weighted by Crippen LogP contribution is -2.33. The Kier molecular flexibility index (Phi) is 4.43. The van der Waals surface area contributed by atoms with Crippen molar-refractivity contribution >= 4 is 5.91 Å². The van der Waals surface area contributed by atoms with Gasteiger partial charge in [-0.15, -0.1) is 0 Å². The van der Waals surface area contributed by atoms with Crippen LogP contribution in [0.15, 0.2) is 18.2 Å². The highest BCUT2D eigenvalue weighted by Gasteiger charge is 2.25. The number of carbonyl (C=O) groups excluding carboxylic acids is 1. The zero-order valence-corrected chi connectivity index (χ0v) is 11.7. The van der Waals surface area contributed by atoms with Gasteiger partial charge in [0.05, 0.1) is 0 Å². The average molecular weight is 262 g/mol. The van der Waals surface area contributed by atoms with Crippen molar-refractivity contribution in [2.75, 3.05) is 26.2 Å². The fraction of sp³-hybridized carbons (Fsp3) is 0.533. The Morgan fingerprint density at radius 2 is 2.11 bits per heavy atom. The summed E-state index contributed by atoms with van der Waals surface area (Å²) in [6, 6.07) is 5.98. The second kappa shape index (κ2) is 6.06. The first-order valence-corrected chi connectivity index (χ1v) is 6.78. The summed E-state index contributed by atoms with van der Waals surface area (Å²) in [4.78, 5) is 13.9. The molecule has 0 unspecified atom stereocenters. The smallest absolute Gasteiger partial charge is 0.260 e. The minimum Gasteiger partial charge on any atom is -0.483 e. The van der Waals surface area contributed by atoms with Crippen molar-refractivity contribution in [2.45, 2.75) is 20.3 Å². The maximum Gasteiger partial charge on any atom is 0.260 e. The highest BCUT2D eigenvalue weighted by Crippen LogP contribution is 2.22. The number of carbonyl (C=O) groups is 1. The molecule has 2 N–H and O–H groups in total. The summed E-state index contributed by atoms with van der Waals surface area (Å²) < 4.78 is 5.69. The van der Waals surface area contributed by atoms with E-state index in [9.17, 15) is 4.79 Å². The Hall–Kier alpha value is -1.55. The van der Waals surface area contributed by atoms with Gasteiger partial charge in [0, 0.05) is 13.1 Å². The first-order chi connectivity index (χ1) is 9.11. The Morgan fingerprint density at radius 3 is 2.68 bits per heavy atom. The molecule has 0 radical (unpaired) electrons. The summed E-state index contributed by atoms with van der Waals surface area (Å²) in [7, 11) is 0. The Morgan fingerprint density at radius 1 is 1.42 bits per heavy atom. The van der Waals surface area contributed by atoms with Crippen molar-refractivity contribution in [3.8, 4) is 5.75 Å².